The fraction of sp³-hybridized carbons (Fsp3) is 0.273. The Balaban J connectivity index is 2.86. The van der Waals surface area contributed by atoms with E-state index in [0.29, 0.717) is 0 Å². The topological polar surface area (TPSA) is 78.6 Å². The predicted molar refractivity (Wildman–Crippen MR) is 57.0 cm³/mol. The van der Waals surface area contributed by atoms with E-state index in [-0.39, 0.29) is 11.5 Å². The molecule has 1 unspecified atom stereocenters. The van der Waals surface area contributed by atoms with Crippen LogP contribution in [0.1, 0.15) is 13.8 Å². The number of hydrogen-bond donors (Lipinski definition) is 1. The van der Waals surface area contributed by atoms with E-state index in [2.05, 4.69) is 0 Å². The van der Waals surface area contributed by atoms with Gasteiger partial charge in [-0.25, -0.2) is 4.79 Å². The second-order valence-corrected chi connectivity index (χ2v) is 3.25. The van der Waals surface area contributed by atoms with Gasteiger partial charge in [-0.05, 0) is 19.1 Å². The molecular formula is C11H13NO4. The zero-order valence-electron chi connectivity index (χ0n) is 9.10. The molecule has 86 valence electrons. The van der Waals surface area contributed by atoms with Gasteiger partial charge in [0, 0.05) is 6.92 Å². The molecule has 0 fully saturated rings. The number of esters is 2. The molecular weight excluding hydrogens is 210 g/mol. The Morgan fingerprint density at radius 3 is 2.12 bits per heavy atom. The summed E-state index contributed by atoms with van der Waals surface area (Å²) >= 11 is 0. The van der Waals surface area contributed by atoms with Crippen molar-refractivity contribution >= 4 is 11.9 Å². The lowest BCUT2D eigenvalue weighted by Gasteiger charge is -2.10. The fourth-order valence-electron chi connectivity index (χ4n) is 0.975. The number of ether oxygens (including phenoxy) is 2. The van der Waals surface area contributed by atoms with Crippen LogP contribution in [0.3, 0.4) is 0 Å². The molecule has 1 atom stereocenters. The van der Waals surface area contributed by atoms with Gasteiger partial charge in [0.1, 0.15) is 6.04 Å². The van der Waals surface area contributed by atoms with Crippen molar-refractivity contribution in [2.24, 2.45) is 5.73 Å². The van der Waals surface area contributed by atoms with Crippen LogP contribution in [0.2, 0.25) is 0 Å². The van der Waals surface area contributed by atoms with Crippen LogP contribution in [0.25, 0.3) is 0 Å². The van der Waals surface area contributed by atoms with E-state index in [9.17, 15) is 9.59 Å². The van der Waals surface area contributed by atoms with Gasteiger partial charge in [0.15, 0.2) is 11.5 Å². The molecule has 0 aliphatic carbocycles. The summed E-state index contributed by atoms with van der Waals surface area (Å²) in [6, 6.07) is 5.66. The smallest absolute Gasteiger partial charge is 0.328 e. The highest BCUT2D eigenvalue weighted by molar-refractivity contribution is 5.78. The van der Waals surface area contributed by atoms with E-state index in [4.69, 9.17) is 15.2 Å². The van der Waals surface area contributed by atoms with Crippen molar-refractivity contribution in [2.75, 3.05) is 0 Å². The number of hydrogen-bond acceptors (Lipinski definition) is 5. The molecule has 1 rings (SSSR count). The summed E-state index contributed by atoms with van der Waals surface area (Å²) in [5, 5.41) is 0. The predicted octanol–water partition coefficient (Wildman–Crippen LogP) is 0.865. The van der Waals surface area contributed by atoms with Crippen LogP contribution >= 0.6 is 0 Å². The Morgan fingerprint density at radius 2 is 1.69 bits per heavy atom. The maximum Gasteiger partial charge on any atom is 0.328 e. The molecule has 0 spiro atoms. The Bertz CT molecular complexity index is 401. The van der Waals surface area contributed by atoms with Gasteiger partial charge in [-0.1, -0.05) is 12.1 Å². The minimum absolute atomic E-state index is 0.181. The van der Waals surface area contributed by atoms with Crippen LogP contribution in [0.5, 0.6) is 11.5 Å². The van der Waals surface area contributed by atoms with Crippen molar-refractivity contribution in [2.45, 2.75) is 19.9 Å². The number of carbonyl (C=O) groups excluding carboxylic acids is 2. The molecule has 0 saturated heterocycles. The summed E-state index contributed by atoms with van der Waals surface area (Å²) < 4.78 is 9.84. The SMILES string of the molecule is CC(=O)Oc1ccccc1OC(=O)C(C)N. The standard InChI is InChI=1S/C11H13NO4/c1-7(12)11(14)16-10-6-4-3-5-9(10)15-8(2)13/h3-7H,12H2,1-2H3. The maximum atomic E-state index is 11.3. The van der Waals surface area contributed by atoms with Crippen LogP contribution in [0.15, 0.2) is 24.3 Å². The first-order valence-corrected chi connectivity index (χ1v) is 4.75. The number of carbonyl (C=O) groups is 2. The zero-order chi connectivity index (χ0) is 12.1. The van der Waals surface area contributed by atoms with E-state index in [1.54, 1.807) is 12.1 Å². The molecule has 0 heterocycles. The molecule has 0 bridgehead atoms. The van der Waals surface area contributed by atoms with Crippen molar-refractivity contribution in [3.8, 4) is 11.5 Å². The number of nitrogens with two attached hydrogens (primary N) is 1. The number of benzene rings is 1. The van der Waals surface area contributed by atoms with E-state index in [1.807, 2.05) is 0 Å². The van der Waals surface area contributed by atoms with E-state index >= 15 is 0 Å². The quantitative estimate of drug-likeness (QED) is 0.607. The largest absolute Gasteiger partial charge is 0.423 e. The van der Waals surface area contributed by atoms with Gasteiger partial charge in [0.2, 0.25) is 0 Å². The molecule has 0 aliphatic rings. The zero-order valence-corrected chi connectivity index (χ0v) is 9.10. The number of para-hydroxylation sites is 2. The normalized spacial score (nSPS) is 11.7. The Hall–Kier alpha value is -1.88. The van der Waals surface area contributed by atoms with Crippen LogP contribution in [-0.2, 0) is 9.59 Å². The monoisotopic (exact) mass is 223 g/mol. The van der Waals surface area contributed by atoms with Crippen LogP contribution in [0.4, 0.5) is 0 Å². The highest BCUT2D eigenvalue weighted by atomic mass is 16.6. The molecule has 1 aromatic carbocycles. The van der Waals surface area contributed by atoms with Gasteiger partial charge >= 0.3 is 11.9 Å². The molecule has 1 aromatic rings. The molecule has 0 aliphatic heterocycles. The summed E-state index contributed by atoms with van der Waals surface area (Å²) in [4.78, 5) is 22.1. The van der Waals surface area contributed by atoms with Gasteiger partial charge in [-0.2, -0.15) is 0 Å². The van der Waals surface area contributed by atoms with Gasteiger partial charge < -0.3 is 15.2 Å². The summed E-state index contributed by atoms with van der Waals surface area (Å²) in [6.45, 7) is 2.78. The lowest BCUT2D eigenvalue weighted by molar-refractivity contribution is -0.136. The molecule has 0 saturated carbocycles. The minimum atomic E-state index is -0.731. The molecule has 5 heteroatoms. The van der Waals surface area contributed by atoms with Crippen LogP contribution in [0, 0.1) is 0 Å². The average Bonchev–Trinajstić information content (AvgIpc) is 2.20. The lowest BCUT2D eigenvalue weighted by atomic mass is 10.3. The van der Waals surface area contributed by atoms with E-state index in [0.717, 1.165) is 0 Å². The molecule has 2 N–H and O–H groups in total. The first-order chi connectivity index (χ1) is 7.50. The maximum absolute atomic E-state index is 11.3. The van der Waals surface area contributed by atoms with Crippen molar-refractivity contribution in [1.82, 2.24) is 0 Å². The molecule has 16 heavy (non-hydrogen) atoms. The summed E-state index contributed by atoms with van der Waals surface area (Å²) in [6.07, 6.45) is 0. The third-order valence-corrected chi connectivity index (χ3v) is 1.69. The highest BCUT2D eigenvalue weighted by Crippen LogP contribution is 2.26. The van der Waals surface area contributed by atoms with Gasteiger partial charge in [0.25, 0.3) is 0 Å². The number of rotatable bonds is 3. The van der Waals surface area contributed by atoms with E-state index in [1.165, 1.54) is 26.0 Å². The molecule has 0 radical (unpaired) electrons. The van der Waals surface area contributed by atoms with Crippen LogP contribution < -0.4 is 15.2 Å². The Labute approximate surface area is 93.1 Å². The van der Waals surface area contributed by atoms with Gasteiger partial charge in [0.05, 0.1) is 0 Å². The first kappa shape index (κ1) is 12.2. The van der Waals surface area contributed by atoms with Crippen molar-refractivity contribution in [3.63, 3.8) is 0 Å². The Morgan fingerprint density at radius 1 is 1.19 bits per heavy atom. The third-order valence-electron chi connectivity index (χ3n) is 1.69. The average molecular weight is 223 g/mol. The highest BCUT2D eigenvalue weighted by Gasteiger charge is 2.14. The minimum Gasteiger partial charge on any atom is -0.423 e. The van der Waals surface area contributed by atoms with Gasteiger partial charge in [-0.3, -0.25) is 4.79 Å². The second-order valence-electron chi connectivity index (χ2n) is 3.25. The molecule has 5 nitrogen and oxygen atoms in total. The lowest BCUT2D eigenvalue weighted by Crippen LogP contribution is -2.31. The van der Waals surface area contributed by atoms with Crippen molar-refractivity contribution in [3.05, 3.63) is 24.3 Å². The summed E-state index contributed by atoms with van der Waals surface area (Å²) in [7, 11) is 0. The molecule has 0 amide bonds. The third kappa shape index (κ3) is 3.36. The summed E-state index contributed by atoms with van der Waals surface area (Å²) in [5.74, 6) is -0.687. The summed E-state index contributed by atoms with van der Waals surface area (Å²) in [5.41, 5.74) is 5.35. The van der Waals surface area contributed by atoms with Crippen molar-refractivity contribution < 1.29 is 19.1 Å². The van der Waals surface area contributed by atoms with E-state index < -0.39 is 18.0 Å². The fourth-order valence-corrected chi connectivity index (χ4v) is 0.975. The molecule has 0 aromatic heterocycles. The second kappa shape index (κ2) is 5.27. The first-order valence-electron chi connectivity index (χ1n) is 4.75. The van der Waals surface area contributed by atoms with Gasteiger partial charge in [-0.15, -0.1) is 0 Å². The van der Waals surface area contributed by atoms with Crippen molar-refractivity contribution in [1.29, 1.82) is 0 Å². The van der Waals surface area contributed by atoms with Crippen LogP contribution in [-0.4, -0.2) is 18.0 Å². The Kier molecular flexibility index (Phi) is 4.02.